The summed E-state index contributed by atoms with van der Waals surface area (Å²) in [5, 5.41) is 0. The Hall–Kier alpha value is -1.31. The van der Waals surface area contributed by atoms with Crippen LogP contribution >= 0.6 is 0 Å². The third-order valence-corrected chi connectivity index (χ3v) is 3.73. The smallest absolute Gasteiger partial charge is 0.330 e. The van der Waals surface area contributed by atoms with E-state index in [0.29, 0.717) is 6.61 Å². The van der Waals surface area contributed by atoms with Crippen molar-refractivity contribution in [2.45, 2.75) is 84.5 Å². The molecular formula is C21H36O2. The molecule has 0 radical (unpaired) electrons. The van der Waals surface area contributed by atoms with Crippen LogP contribution in [0.5, 0.6) is 0 Å². The van der Waals surface area contributed by atoms with Crippen LogP contribution in [-0.4, -0.2) is 12.6 Å². The highest BCUT2D eigenvalue weighted by molar-refractivity contribution is 5.81. The number of carbonyl (C=O) groups excluding carboxylic acids is 1. The quantitative estimate of drug-likeness (QED) is 0.148. The van der Waals surface area contributed by atoms with Gasteiger partial charge in [-0.25, -0.2) is 4.79 Å². The average molecular weight is 321 g/mol. The van der Waals surface area contributed by atoms with Gasteiger partial charge in [-0.1, -0.05) is 56.1 Å². The number of hydrogen-bond acceptors (Lipinski definition) is 2. The number of carbonyl (C=O) groups is 1. The van der Waals surface area contributed by atoms with Gasteiger partial charge in [0, 0.05) is 6.08 Å². The lowest BCUT2D eigenvalue weighted by Gasteiger charge is -2.02. The number of allylic oxidation sites excluding steroid dienone is 5. The molecule has 0 aliphatic rings. The number of unbranched alkanes of at least 4 members (excludes halogenated alkanes) is 9. The molecule has 0 heterocycles. The van der Waals surface area contributed by atoms with Crippen molar-refractivity contribution in [3.63, 3.8) is 0 Å². The molecule has 0 aromatic heterocycles. The molecule has 0 aliphatic heterocycles. The molecular weight excluding hydrogens is 284 g/mol. The topological polar surface area (TPSA) is 26.3 Å². The van der Waals surface area contributed by atoms with E-state index in [1.165, 1.54) is 38.5 Å². The van der Waals surface area contributed by atoms with E-state index in [9.17, 15) is 4.79 Å². The van der Waals surface area contributed by atoms with E-state index in [4.69, 9.17) is 4.74 Å². The van der Waals surface area contributed by atoms with Crippen molar-refractivity contribution in [1.82, 2.24) is 0 Å². The molecule has 0 N–H and O–H groups in total. The Morgan fingerprint density at radius 1 is 0.696 bits per heavy atom. The molecule has 23 heavy (non-hydrogen) atoms. The first kappa shape index (κ1) is 21.7. The van der Waals surface area contributed by atoms with Crippen LogP contribution < -0.4 is 0 Å². The van der Waals surface area contributed by atoms with E-state index in [0.717, 1.165) is 32.1 Å². The molecule has 0 saturated heterocycles. The van der Waals surface area contributed by atoms with Gasteiger partial charge >= 0.3 is 5.97 Å². The first-order chi connectivity index (χ1) is 11.3. The largest absolute Gasteiger partial charge is 0.463 e. The summed E-state index contributed by atoms with van der Waals surface area (Å²) >= 11 is 0. The maximum atomic E-state index is 11.5. The van der Waals surface area contributed by atoms with Crippen LogP contribution in [0.4, 0.5) is 0 Å². The summed E-state index contributed by atoms with van der Waals surface area (Å²) in [6.45, 7) is 4.67. The normalized spacial score (nSPS) is 11.9. The monoisotopic (exact) mass is 320 g/mol. The Kier molecular flexibility index (Phi) is 17.7. The minimum Gasteiger partial charge on any atom is -0.463 e. The molecule has 0 spiro atoms. The Morgan fingerprint density at radius 2 is 1.17 bits per heavy atom. The average Bonchev–Trinajstić information content (AvgIpc) is 2.56. The van der Waals surface area contributed by atoms with Crippen molar-refractivity contribution in [1.29, 1.82) is 0 Å². The zero-order valence-corrected chi connectivity index (χ0v) is 15.3. The highest BCUT2D eigenvalue weighted by atomic mass is 16.5. The van der Waals surface area contributed by atoms with Crippen molar-refractivity contribution in [2.75, 3.05) is 6.61 Å². The second-order valence-electron chi connectivity index (χ2n) is 5.90. The van der Waals surface area contributed by atoms with E-state index >= 15 is 0 Å². The molecule has 0 aliphatic carbocycles. The summed E-state index contributed by atoms with van der Waals surface area (Å²) in [5.74, 6) is -0.188. The first-order valence-electron chi connectivity index (χ1n) is 9.37. The maximum Gasteiger partial charge on any atom is 0.330 e. The van der Waals surface area contributed by atoms with Gasteiger partial charge in [0.1, 0.15) is 0 Å². The van der Waals surface area contributed by atoms with Crippen molar-refractivity contribution in [2.24, 2.45) is 0 Å². The van der Waals surface area contributed by atoms with Crippen molar-refractivity contribution >= 4 is 5.97 Å². The Morgan fingerprint density at radius 3 is 1.70 bits per heavy atom. The highest BCUT2D eigenvalue weighted by Gasteiger charge is 1.96. The van der Waals surface area contributed by atoms with Crippen molar-refractivity contribution in [3.8, 4) is 0 Å². The lowest BCUT2D eigenvalue weighted by atomic mass is 10.1. The SMILES string of the molecule is CC=CCCCCCC/C=C/C(=O)OCCCCCC/C=C/C. The zero-order chi connectivity index (χ0) is 17.0. The van der Waals surface area contributed by atoms with Crippen LogP contribution in [0.2, 0.25) is 0 Å². The van der Waals surface area contributed by atoms with E-state index in [1.54, 1.807) is 6.08 Å². The van der Waals surface area contributed by atoms with Gasteiger partial charge in [-0.05, 0) is 58.8 Å². The van der Waals surface area contributed by atoms with Crippen LogP contribution in [-0.2, 0) is 9.53 Å². The third-order valence-electron chi connectivity index (χ3n) is 3.73. The van der Waals surface area contributed by atoms with Gasteiger partial charge in [0.2, 0.25) is 0 Å². The van der Waals surface area contributed by atoms with Crippen molar-refractivity contribution < 1.29 is 9.53 Å². The Labute approximate surface area is 143 Å². The van der Waals surface area contributed by atoms with Crippen LogP contribution in [0.25, 0.3) is 0 Å². The second-order valence-corrected chi connectivity index (χ2v) is 5.90. The molecule has 0 aromatic rings. The predicted molar refractivity (Wildman–Crippen MR) is 101 cm³/mol. The molecule has 0 aromatic carbocycles. The van der Waals surface area contributed by atoms with Crippen molar-refractivity contribution in [3.05, 3.63) is 36.5 Å². The highest BCUT2D eigenvalue weighted by Crippen LogP contribution is 2.07. The molecule has 2 heteroatoms. The standard InChI is InChI=1S/C21H36O2/c1-3-5-7-9-11-12-13-15-17-19-21(22)23-20-18-16-14-10-8-6-4-2/h3-6,17,19H,7-16,18,20H2,1-2H3/b5-3?,6-4+,19-17+. The van der Waals surface area contributed by atoms with Gasteiger partial charge in [-0.15, -0.1) is 0 Å². The zero-order valence-electron chi connectivity index (χ0n) is 15.3. The third kappa shape index (κ3) is 18.6. The maximum absolute atomic E-state index is 11.5. The number of rotatable bonds is 15. The van der Waals surface area contributed by atoms with E-state index in [2.05, 4.69) is 38.2 Å². The number of hydrogen-bond donors (Lipinski definition) is 0. The van der Waals surface area contributed by atoms with Crippen LogP contribution in [0.15, 0.2) is 36.5 Å². The van der Waals surface area contributed by atoms with Gasteiger partial charge in [0.05, 0.1) is 6.61 Å². The fourth-order valence-corrected chi connectivity index (χ4v) is 2.33. The Balaban J connectivity index is 3.31. The molecule has 0 atom stereocenters. The van der Waals surface area contributed by atoms with Gasteiger partial charge in [-0.2, -0.15) is 0 Å². The first-order valence-corrected chi connectivity index (χ1v) is 9.37. The van der Waals surface area contributed by atoms with Gasteiger partial charge in [0.15, 0.2) is 0 Å². The summed E-state index contributed by atoms with van der Waals surface area (Å²) in [6.07, 6.45) is 25.0. The fourth-order valence-electron chi connectivity index (χ4n) is 2.33. The summed E-state index contributed by atoms with van der Waals surface area (Å²) in [4.78, 5) is 11.5. The number of esters is 1. The molecule has 0 unspecified atom stereocenters. The van der Waals surface area contributed by atoms with E-state index < -0.39 is 0 Å². The summed E-state index contributed by atoms with van der Waals surface area (Å²) in [7, 11) is 0. The predicted octanol–water partition coefficient (Wildman–Crippen LogP) is 6.53. The van der Waals surface area contributed by atoms with Gasteiger partial charge < -0.3 is 4.74 Å². The second kappa shape index (κ2) is 18.7. The van der Waals surface area contributed by atoms with Gasteiger partial charge in [-0.3, -0.25) is 0 Å². The van der Waals surface area contributed by atoms with Crippen LogP contribution in [0.3, 0.4) is 0 Å². The minimum absolute atomic E-state index is 0.188. The lowest BCUT2D eigenvalue weighted by molar-refractivity contribution is -0.137. The van der Waals surface area contributed by atoms with E-state index in [1.807, 2.05) is 6.08 Å². The molecule has 0 bridgehead atoms. The summed E-state index contributed by atoms with van der Waals surface area (Å²) < 4.78 is 5.19. The van der Waals surface area contributed by atoms with Crippen LogP contribution in [0, 0.1) is 0 Å². The molecule has 2 nitrogen and oxygen atoms in total. The van der Waals surface area contributed by atoms with E-state index in [-0.39, 0.29) is 5.97 Å². The molecule has 0 amide bonds. The summed E-state index contributed by atoms with van der Waals surface area (Å²) in [5.41, 5.74) is 0. The minimum atomic E-state index is -0.188. The molecule has 0 rings (SSSR count). The molecule has 132 valence electrons. The Bertz CT molecular complexity index is 340. The molecule has 0 saturated carbocycles. The van der Waals surface area contributed by atoms with Crippen LogP contribution in [0.1, 0.15) is 84.5 Å². The van der Waals surface area contributed by atoms with Gasteiger partial charge in [0.25, 0.3) is 0 Å². The number of ether oxygens (including phenoxy) is 1. The summed E-state index contributed by atoms with van der Waals surface area (Å²) in [6, 6.07) is 0. The lowest BCUT2D eigenvalue weighted by Crippen LogP contribution is -2.02. The fraction of sp³-hybridized carbons (Fsp3) is 0.667. The molecule has 0 fully saturated rings.